The molecule has 1 atom stereocenters. The molecule has 0 bridgehead atoms. The molecule has 5 heteroatoms. The Labute approximate surface area is 132 Å². The van der Waals surface area contributed by atoms with Crippen LogP contribution in [0.15, 0.2) is 18.2 Å². The van der Waals surface area contributed by atoms with E-state index in [0.29, 0.717) is 18.5 Å². The van der Waals surface area contributed by atoms with Gasteiger partial charge in [-0.2, -0.15) is 5.10 Å². The molecular formula is C17H26N4O. The number of nitrogens with zero attached hydrogens (tertiary/aromatic N) is 3. The van der Waals surface area contributed by atoms with E-state index < -0.39 is 0 Å². The van der Waals surface area contributed by atoms with Gasteiger partial charge in [-0.25, -0.2) is 9.48 Å². The monoisotopic (exact) mass is 302 g/mol. The normalized spacial score (nSPS) is 22.0. The quantitative estimate of drug-likeness (QED) is 0.865. The summed E-state index contributed by atoms with van der Waals surface area (Å²) in [6.07, 6.45) is 9.02. The van der Waals surface area contributed by atoms with Crippen molar-refractivity contribution >= 4 is 11.8 Å². The summed E-state index contributed by atoms with van der Waals surface area (Å²) in [6, 6.07) is 2.57. The highest BCUT2D eigenvalue weighted by molar-refractivity contribution is 5.89. The third-order valence-corrected chi connectivity index (χ3v) is 4.70. The van der Waals surface area contributed by atoms with E-state index in [0.717, 1.165) is 24.4 Å². The van der Waals surface area contributed by atoms with Gasteiger partial charge in [0.15, 0.2) is 0 Å². The zero-order valence-corrected chi connectivity index (χ0v) is 13.7. The molecule has 0 saturated heterocycles. The number of rotatable bonds is 3. The Morgan fingerprint density at radius 1 is 1.36 bits per heavy atom. The highest BCUT2D eigenvalue weighted by Gasteiger charge is 2.28. The van der Waals surface area contributed by atoms with Gasteiger partial charge < -0.3 is 4.90 Å². The zero-order valence-electron chi connectivity index (χ0n) is 13.7. The second-order valence-electron chi connectivity index (χ2n) is 6.80. The molecule has 0 unspecified atom stereocenters. The predicted octanol–water partition coefficient (Wildman–Crippen LogP) is 3.73. The summed E-state index contributed by atoms with van der Waals surface area (Å²) in [6.45, 7) is 6.96. The molecule has 1 aromatic rings. The number of amides is 2. The fourth-order valence-corrected chi connectivity index (χ4v) is 3.56. The standard InChI is InChI=1S/C17H26N4O/c1-12(2)15-9-6-10-20(15)17(22)18-16-11-13(3)19-21(16)14-7-4-5-8-14/h6,9,11-12,14-15H,4-5,7-8,10H2,1-3H3,(H,18,22)/t15-/m0/s1. The molecule has 0 aromatic carbocycles. The molecule has 0 spiro atoms. The van der Waals surface area contributed by atoms with Crippen molar-refractivity contribution in [2.24, 2.45) is 5.92 Å². The molecule has 1 saturated carbocycles. The lowest BCUT2D eigenvalue weighted by Gasteiger charge is -2.28. The summed E-state index contributed by atoms with van der Waals surface area (Å²) in [5, 5.41) is 7.68. The first-order valence-corrected chi connectivity index (χ1v) is 8.36. The van der Waals surface area contributed by atoms with Crippen molar-refractivity contribution in [2.75, 3.05) is 11.9 Å². The van der Waals surface area contributed by atoms with Gasteiger partial charge in [0.05, 0.1) is 17.8 Å². The predicted molar refractivity (Wildman–Crippen MR) is 88.0 cm³/mol. The average molecular weight is 302 g/mol. The van der Waals surface area contributed by atoms with Crippen LogP contribution in [-0.4, -0.2) is 33.3 Å². The highest BCUT2D eigenvalue weighted by Crippen LogP contribution is 2.32. The van der Waals surface area contributed by atoms with Crippen LogP contribution in [0, 0.1) is 12.8 Å². The minimum absolute atomic E-state index is 0.0251. The fraction of sp³-hybridized carbons (Fsp3) is 0.647. The van der Waals surface area contributed by atoms with Crippen molar-refractivity contribution in [1.82, 2.24) is 14.7 Å². The van der Waals surface area contributed by atoms with Gasteiger partial charge in [0.2, 0.25) is 0 Å². The summed E-state index contributed by atoms with van der Waals surface area (Å²) in [5.74, 6) is 1.26. The lowest BCUT2D eigenvalue weighted by Crippen LogP contribution is -2.42. The van der Waals surface area contributed by atoms with Crippen molar-refractivity contribution in [3.05, 3.63) is 23.9 Å². The molecule has 22 heavy (non-hydrogen) atoms. The van der Waals surface area contributed by atoms with Gasteiger partial charge in [0.25, 0.3) is 0 Å². The minimum atomic E-state index is -0.0251. The maximum absolute atomic E-state index is 12.6. The number of aryl methyl sites for hydroxylation is 1. The Hall–Kier alpha value is -1.78. The Kier molecular flexibility index (Phi) is 4.23. The van der Waals surface area contributed by atoms with Crippen LogP contribution in [0.4, 0.5) is 10.6 Å². The average Bonchev–Trinajstić information content (AvgIpc) is 3.17. The molecule has 1 aromatic heterocycles. The van der Waals surface area contributed by atoms with Crippen molar-refractivity contribution < 1.29 is 4.79 Å². The van der Waals surface area contributed by atoms with Gasteiger partial charge in [0.1, 0.15) is 5.82 Å². The van der Waals surface area contributed by atoms with Gasteiger partial charge in [-0.1, -0.05) is 38.8 Å². The van der Waals surface area contributed by atoms with Gasteiger partial charge in [-0.05, 0) is 25.7 Å². The van der Waals surface area contributed by atoms with Crippen LogP contribution >= 0.6 is 0 Å². The molecule has 1 aliphatic carbocycles. The van der Waals surface area contributed by atoms with E-state index >= 15 is 0 Å². The van der Waals surface area contributed by atoms with Crippen LogP contribution in [-0.2, 0) is 0 Å². The molecule has 2 amide bonds. The zero-order chi connectivity index (χ0) is 15.7. The first-order chi connectivity index (χ1) is 10.6. The third kappa shape index (κ3) is 2.89. The van der Waals surface area contributed by atoms with Gasteiger partial charge in [-0.3, -0.25) is 5.32 Å². The molecule has 0 radical (unpaired) electrons. The number of carbonyl (C=O) groups is 1. The second kappa shape index (κ2) is 6.15. The summed E-state index contributed by atoms with van der Waals surface area (Å²) in [5.41, 5.74) is 0.960. The summed E-state index contributed by atoms with van der Waals surface area (Å²) in [4.78, 5) is 14.5. The second-order valence-corrected chi connectivity index (χ2v) is 6.80. The summed E-state index contributed by atoms with van der Waals surface area (Å²) in [7, 11) is 0. The summed E-state index contributed by atoms with van der Waals surface area (Å²) < 4.78 is 2.02. The van der Waals surface area contributed by atoms with Gasteiger partial charge in [0, 0.05) is 12.6 Å². The van der Waals surface area contributed by atoms with E-state index in [2.05, 4.69) is 36.4 Å². The van der Waals surface area contributed by atoms with Crippen molar-refractivity contribution in [3.8, 4) is 0 Å². The molecule has 2 heterocycles. The third-order valence-electron chi connectivity index (χ3n) is 4.70. The molecule has 2 aliphatic rings. The van der Waals surface area contributed by atoms with E-state index in [-0.39, 0.29) is 12.1 Å². The van der Waals surface area contributed by atoms with E-state index in [9.17, 15) is 4.79 Å². The van der Waals surface area contributed by atoms with E-state index in [1.807, 2.05) is 22.6 Å². The number of hydrogen-bond acceptors (Lipinski definition) is 2. The van der Waals surface area contributed by atoms with Crippen molar-refractivity contribution in [1.29, 1.82) is 0 Å². The Bertz CT molecular complexity index is 569. The number of aromatic nitrogens is 2. The summed E-state index contributed by atoms with van der Waals surface area (Å²) >= 11 is 0. The maximum Gasteiger partial charge on any atom is 0.323 e. The topological polar surface area (TPSA) is 50.2 Å². The lowest BCUT2D eigenvalue weighted by atomic mass is 10.1. The Morgan fingerprint density at radius 2 is 2.09 bits per heavy atom. The van der Waals surface area contributed by atoms with Gasteiger partial charge >= 0.3 is 6.03 Å². The first kappa shape index (κ1) is 15.1. The number of nitrogens with one attached hydrogen (secondary N) is 1. The van der Waals surface area contributed by atoms with E-state index in [1.54, 1.807) is 0 Å². The number of anilines is 1. The van der Waals surface area contributed by atoms with E-state index in [1.165, 1.54) is 12.8 Å². The van der Waals surface area contributed by atoms with E-state index in [4.69, 9.17) is 0 Å². The van der Waals surface area contributed by atoms with Crippen LogP contribution in [0.25, 0.3) is 0 Å². The Morgan fingerprint density at radius 3 is 2.77 bits per heavy atom. The number of urea groups is 1. The largest absolute Gasteiger partial charge is 0.323 e. The number of hydrogen-bond donors (Lipinski definition) is 1. The number of carbonyl (C=O) groups excluding carboxylic acids is 1. The van der Waals surface area contributed by atoms with Crippen LogP contribution < -0.4 is 5.32 Å². The molecule has 3 rings (SSSR count). The first-order valence-electron chi connectivity index (χ1n) is 8.36. The molecule has 120 valence electrons. The minimum Gasteiger partial charge on any atom is -0.314 e. The highest BCUT2D eigenvalue weighted by atomic mass is 16.2. The molecule has 1 aliphatic heterocycles. The lowest BCUT2D eigenvalue weighted by molar-refractivity contribution is 0.199. The van der Waals surface area contributed by atoms with Gasteiger partial charge in [-0.15, -0.1) is 0 Å². The smallest absolute Gasteiger partial charge is 0.314 e. The van der Waals surface area contributed by atoms with Crippen LogP contribution in [0.3, 0.4) is 0 Å². The van der Waals surface area contributed by atoms with Crippen molar-refractivity contribution in [3.63, 3.8) is 0 Å². The fourth-order valence-electron chi connectivity index (χ4n) is 3.56. The van der Waals surface area contributed by atoms with Crippen molar-refractivity contribution in [2.45, 2.75) is 58.5 Å². The van der Waals surface area contributed by atoms with Crippen LogP contribution in [0.1, 0.15) is 51.3 Å². The maximum atomic E-state index is 12.6. The van der Waals surface area contributed by atoms with Crippen LogP contribution in [0.2, 0.25) is 0 Å². The SMILES string of the molecule is Cc1cc(NC(=O)N2CC=C[C@H]2C(C)C)n(C2CCCC2)n1. The molecule has 1 fully saturated rings. The molecule has 5 nitrogen and oxygen atoms in total. The molecule has 1 N–H and O–H groups in total. The van der Waals surface area contributed by atoms with Crippen LogP contribution in [0.5, 0.6) is 0 Å². The molecular weight excluding hydrogens is 276 g/mol. The Balaban J connectivity index is 1.74.